The number of rotatable bonds is 7. The van der Waals surface area contributed by atoms with Crippen molar-refractivity contribution in [1.29, 1.82) is 0 Å². The zero-order valence-electron chi connectivity index (χ0n) is 17.2. The Bertz CT molecular complexity index is 840. The Balaban J connectivity index is 1.50. The second kappa shape index (κ2) is 10.1. The van der Waals surface area contributed by atoms with Crippen molar-refractivity contribution in [1.82, 2.24) is 4.90 Å². The number of carbonyl (C=O) groups excluding carboxylic acids is 1. The second-order valence-electron chi connectivity index (χ2n) is 7.40. The topological polar surface area (TPSA) is 32.8 Å². The van der Waals surface area contributed by atoms with Crippen molar-refractivity contribution in [2.45, 2.75) is 20.3 Å². The van der Waals surface area contributed by atoms with Crippen LogP contribution < -0.4 is 9.64 Å². The quantitative estimate of drug-likeness (QED) is 0.514. The summed E-state index contributed by atoms with van der Waals surface area (Å²) in [6.07, 6.45) is 3.85. The summed E-state index contributed by atoms with van der Waals surface area (Å²) in [5.74, 6) is 0.748. The zero-order valence-corrected chi connectivity index (χ0v) is 17.2. The first kappa shape index (κ1) is 20.9. The Hall–Kier alpha value is -2.82. The van der Waals surface area contributed by atoms with Crippen LogP contribution >= 0.6 is 0 Å². The van der Waals surface area contributed by atoms with Gasteiger partial charge in [0.1, 0.15) is 5.75 Å². The van der Waals surface area contributed by atoms with Crippen LogP contribution in [0.5, 0.6) is 5.75 Å². The first-order chi connectivity index (χ1) is 14.1. The number of anilines is 1. The van der Waals surface area contributed by atoms with Gasteiger partial charge in [0.05, 0.1) is 13.3 Å². The average molecular weight is 397 g/mol. The van der Waals surface area contributed by atoms with Gasteiger partial charge in [0.25, 0.3) is 0 Å². The van der Waals surface area contributed by atoms with E-state index in [2.05, 4.69) is 36.9 Å². The summed E-state index contributed by atoms with van der Waals surface area (Å²) in [5.41, 5.74) is 4.74. The van der Waals surface area contributed by atoms with Gasteiger partial charge in [0.2, 0.25) is 5.91 Å². The molecule has 1 fully saturated rings. The molecule has 0 radical (unpaired) electrons. The minimum absolute atomic E-state index is 0.0357. The van der Waals surface area contributed by atoms with Gasteiger partial charge in [-0.25, -0.2) is 0 Å². The number of halogens is 1. The van der Waals surface area contributed by atoms with Crippen LogP contribution in [0.3, 0.4) is 0 Å². The predicted molar refractivity (Wildman–Crippen MR) is 116 cm³/mol. The Kier molecular flexibility index (Phi) is 7.28. The molecule has 2 aromatic rings. The number of hydrogen-bond donors (Lipinski definition) is 0. The average Bonchev–Trinajstić information content (AvgIpc) is 2.73. The number of carbonyl (C=O) groups is 1. The smallest absolute Gasteiger partial charge is 0.246 e. The molecule has 0 N–H and O–H groups in total. The molecule has 5 heteroatoms. The van der Waals surface area contributed by atoms with Crippen LogP contribution in [0.4, 0.5) is 10.1 Å². The fourth-order valence-electron chi connectivity index (χ4n) is 3.52. The van der Waals surface area contributed by atoms with Crippen LogP contribution in [0, 0.1) is 13.8 Å². The number of amides is 1. The maximum absolute atomic E-state index is 12.5. The van der Waals surface area contributed by atoms with Gasteiger partial charge >= 0.3 is 0 Å². The zero-order chi connectivity index (χ0) is 20.6. The first-order valence-electron chi connectivity index (χ1n) is 10.1. The van der Waals surface area contributed by atoms with E-state index in [1.54, 1.807) is 6.08 Å². The molecule has 1 heterocycles. The van der Waals surface area contributed by atoms with Crippen molar-refractivity contribution >= 4 is 17.7 Å². The van der Waals surface area contributed by atoms with Gasteiger partial charge in [0.15, 0.2) is 0 Å². The second-order valence-corrected chi connectivity index (χ2v) is 7.40. The van der Waals surface area contributed by atoms with Crippen LogP contribution in [0.25, 0.3) is 6.08 Å². The molecule has 0 bridgehead atoms. The predicted octanol–water partition coefficient (Wildman–Crippen LogP) is 4.40. The van der Waals surface area contributed by atoms with Gasteiger partial charge in [-0.1, -0.05) is 29.8 Å². The fraction of sp³-hybridized carbons (Fsp3) is 0.375. The first-order valence-corrected chi connectivity index (χ1v) is 10.1. The number of piperazine rings is 1. The number of aryl methyl sites for hydroxylation is 2. The number of hydrogen-bond acceptors (Lipinski definition) is 3. The Morgan fingerprint density at radius 3 is 2.45 bits per heavy atom. The number of benzene rings is 2. The minimum Gasteiger partial charge on any atom is -0.493 e. The SMILES string of the molecule is Cc1ccc(N2CCN(C(=O)C=Cc3ccc(OCCCF)cc3)CC2)c(C)c1. The fourth-order valence-corrected chi connectivity index (χ4v) is 3.52. The van der Waals surface area contributed by atoms with Crippen molar-refractivity contribution < 1.29 is 13.9 Å². The summed E-state index contributed by atoms with van der Waals surface area (Å²) < 4.78 is 17.5. The number of ether oxygens (including phenoxy) is 1. The maximum Gasteiger partial charge on any atom is 0.246 e. The number of nitrogens with zero attached hydrogens (tertiary/aromatic N) is 2. The van der Waals surface area contributed by atoms with Crippen LogP contribution in [0.2, 0.25) is 0 Å². The van der Waals surface area contributed by atoms with Crippen LogP contribution in [0.15, 0.2) is 48.5 Å². The largest absolute Gasteiger partial charge is 0.493 e. The molecule has 154 valence electrons. The summed E-state index contributed by atoms with van der Waals surface area (Å²) in [6.45, 7) is 7.37. The summed E-state index contributed by atoms with van der Waals surface area (Å²) >= 11 is 0. The molecular formula is C24H29FN2O2. The highest BCUT2D eigenvalue weighted by molar-refractivity contribution is 5.92. The van der Waals surface area contributed by atoms with E-state index in [-0.39, 0.29) is 12.6 Å². The summed E-state index contributed by atoms with van der Waals surface area (Å²) in [6, 6.07) is 14.0. The Morgan fingerprint density at radius 2 is 1.79 bits per heavy atom. The molecule has 1 saturated heterocycles. The lowest BCUT2D eigenvalue weighted by Gasteiger charge is -2.36. The van der Waals surface area contributed by atoms with E-state index in [0.29, 0.717) is 18.8 Å². The molecule has 0 atom stereocenters. The van der Waals surface area contributed by atoms with Crippen molar-refractivity contribution in [2.24, 2.45) is 0 Å². The molecule has 1 aliphatic rings. The van der Waals surface area contributed by atoms with Gasteiger partial charge in [-0.15, -0.1) is 0 Å². The highest BCUT2D eigenvalue weighted by atomic mass is 19.1. The van der Waals surface area contributed by atoms with Gasteiger partial charge in [0, 0.05) is 44.4 Å². The van der Waals surface area contributed by atoms with E-state index in [9.17, 15) is 9.18 Å². The lowest BCUT2D eigenvalue weighted by Crippen LogP contribution is -2.48. The van der Waals surface area contributed by atoms with Crippen molar-refractivity contribution in [3.05, 3.63) is 65.2 Å². The van der Waals surface area contributed by atoms with Gasteiger partial charge in [-0.2, -0.15) is 0 Å². The molecule has 3 rings (SSSR count). The molecule has 2 aromatic carbocycles. The molecule has 29 heavy (non-hydrogen) atoms. The molecule has 0 unspecified atom stereocenters. The molecule has 1 aliphatic heterocycles. The molecule has 0 aromatic heterocycles. The van der Waals surface area contributed by atoms with E-state index in [0.717, 1.165) is 31.7 Å². The van der Waals surface area contributed by atoms with E-state index in [1.807, 2.05) is 35.2 Å². The number of alkyl halides is 1. The normalized spacial score (nSPS) is 14.4. The molecule has 4 nitrogen and oxygen atoms in total. The standard InChI is InChI=1S/C24H29FN2O2/c1-19-4-10-23(20(2)18-19)26-13-15-27(16-14-26)24(28)11-7-21-5-8-22(9-6-21)29-17-3-12-25/h4-11,18H,3,12-17H2,1-2H3. The third-order valence-electron chi connectivity index (χ3n) is 5.13. The van der Waals surface area contributed by atoms with Gasteiger partial charge in [-0.05, 0) is 49.2 Å². The Labute approximate surface area is 172 Å². The van der Waals surface area contributed by atoms with E-state index >= 15 is 0 Å². The molecule has 1 amide bonds. The van der Waals surface area contributed by atoms with Crippen molar-refractivity contribution in [3.63, 3.8) is 0 Å². The van der Waals surface area contributed by atoms with Crippen molar-refractivity contribution in [2.75, 3.05) is 44.4 Å². The Morgan fingerprint density at radius 1 is 1.07 bits per heavy atom. The molecule has 0 spiro atoms. The lowest BCUT2D eigenvalue weighted by atomic mass is 10.1. The highest BCUT2D eigenvalue weighted by Gasteiger charge is 2.20. The third kappa shape index (κ3) is 5.83. The minimum atomic E-state index is -0.373. The third-order valence-corrected chi connectivity index (χ3v) is 5.13. The van der Waals surface area contributed by atoms with Crippen LogP contribution in [0.1, 0.15) is 23.1 Å². The van der Waals surface area contributed by atoms with Crippen molar-refractivity contribution in [3.8, 4) is 5.75 Å². The molecule has 0 saturated carbocycles. The summed E-state index contributed by atoms with van der Waals surface area (Å²) in [5, 5.41) is 0. The highest BCUT2D eigenvalue weighted by Crippen LogP contribution is 2.22. The van der Waals surface area contributed by atoms with Crippen LogP contribution in [-0.2, 0) is 4.79 Å². The van der Waals surface area contributed by atoms with Crippen LogP contribution in [-0.4, -0.2) is 50.3 Å². The summed E-state index contributed by atoms with van der Waals surface area (Å²) in [7, 11) is 0. The molecule has 0 aliphatic carbocycles. The lowest BCUT2D eigenvalue weighted by molar-refractivity contribution is -0.126. The van der Waals surface area contributed by atoms with Gasteiger partial charge in [-0.3, -0.25) is 9.18 Å². The van der Waals surface area contributed by atoms with E-state index in [1.165, 1.54) is 16.8 Å². The summed E-state index contributed by atoms with van der Waals surface area (Å²) in [4.78, 5) is 16.8. The maximum atomic E-state index is 12.5. The van der Waals surface area contributed by atoms with E-state index < -0.39 is 0 Å². The van der Waals surface area contributed by atoms with Gasteiger partial charge < -0.3 is 14.5 Å². The monoisotopic (exact) mass is 396 g/mol. The molecular weight excluding hydrogens is 367 g/mol. The van der Waals surface area contributed by atoms with E-state index in [4.69, 9.17) is 4.74 Å².